The third-order valence-corrected chi connectivity index (χ3v) is 5.86. The Balaban J connectivity index is 1.38. The first kappa shape index (κ1) is 21.9. The van der Waals surface area contributed by atoms with Gasteiger partial charge in [0.25, 0.3) is 0 Å². The van der Waals surface area contributed by atoms with Gasteiger partial charge in [0.15, 0.2) is 11.0 Å². The second-order valence-corrected chi connectivity index (χ2v) is 8.18. The van der Waals surface area contributed by atoms with Crippen LogP contribution in [-0.4, -0.2) is 30.7 Å². The Hall–Kier alpha value is -3.33. The monoisotopic (exact) mass is 453 g/mol. The average Bonchev–Trinajstić information content (AvgIpc) is 3.41. The van der Waals surface area contributed by atoms with Crippen LogP contribution in [0.4, 0.5) is 8.78 Å². The van der Waals surface area contributed by atoms with Crippen LogP contribution in [0.2, 0.25) is 0 Å². The first-order chi connectivity index (χ1) is 15.6. The van der Waals surface area contributed by atoms with Crippen LogP contribution in [0.15, 0.2) is 64.8 Å². The van der Waals surface area contributed by atoms with Gasteiger partial charge in [0.05, 0.1) is 5.56 Å². The van der Waals surface area contributed by atoms with Crippen molar-refractivity contribution >= 4 is 11.8 Å². The van der Waals surface area contributed by atoms with Crippen molar-refractivity contribution in [3.8, 4) is 22.8 Å². The van der Waals surface area contributed by atoms with Gasteiger partial charge >= 0.3 is 0 Å². The first-order valence-electron chi connectivity index (χ1n) is 10.1. The molecule has 2 aromatic carbocycles. The zero-order valence-corrected chi connectivity index (χ0v) is 18.3. The van der Waals surface area contributed by atoms with E-state index in [1.165, 1.54) is 23.9 Å². The highest BCUT2D eigenvalue weighted by atomic mass is 32.2. The number of rotatable bonds is 9. The van der Waals surface area contributed by atoms with E-state index in [0.717, 1.165) is 12.2 Å². The zero-order valence-electron chi connectivity index (χ0n) is 17.5. The number of aromatic nitrogens is 5. The van der Waals surface area contributed by atoms with E-state index in [0.29, 0.717) is 52.4 Å². The molecule has 0 unspecified atom stereocenters. The average molecular weight is 454 g/mol. The molecule has 0 aliphatic heterocycles. The van der Waals surface area contributed by atoms with Crippen LogP contribution in [0.5, 0.6) is 0 Å². The van der Waals surface area contributed by atoms with E-state index >= 15 is 0 Å². The van der Waals surface area contributed by atoms with Crippen molar-refractivity contribution < 1.29 is 13.3 Å². The summed E-state index contributed by atoms with van der Waals surface area (Å²) >= 11 is 1.51. The molecule has 0 bridgehead atoms. The molecule has 2 aromatic heterocycles. The Morgan fingerprint density at radius 1 is 1.12 bits per heavy atom. The second-order valence-electron chi connectivity index (χ2n) is 7.11. The van der Waals surface area contributed by atoms with Crippen molar-refractivity contribution in [1.82, 2.24) is 24.9 Å². The van der Waals surface area contributed by atoms with Crippen molar-refractivity contribution in [2.75, 3.05) is 5.75 Å². The minimum atomic E-state index is -0.345. The van der Waals surface area contributed by atoms with E-state index in [2.05, 4.69) is 26.9 Å². The molecular weight excluding hydrogens is 432 g/mol. The molecule has 0 spiro atoms. The molecule has 0 aliphatic carbocycles. The molecule has 9 heteroatoms. The van der Waals surface area contributed by atoms with Gasteiger partial charge in [-0.05, 0) is 37.1 Å². The molecule has 0 atom stereocenters. The van der Waals surface area contributed by atoms with Crippen molar-refractivity contribution in [3.63, 3.8) is 0 Å². The fourth-order valence-electron chi connectivity index (χ4n) is 3.12. The van der Waals surface area contributed by atoms with E-state index in [1.807, 2.05) is 4.57 Å². The number of hydrogen-bond donors (Lipinski definition) is 0. The molecule has 0 aliphatic rings. The Morgan fingerprint density at radius 2 is 1.97 bits per heavy atom. The Bertz CT molecular complexity index is 1240. The minimum absolute atomic E-state index is 0.302. The summed E-state index contributed by atoms with van der Waals surface area (Å²) in [5.74, 6) is 1.40. The van der Waals surface area contributed by atoms with Crippen molar-refractivity contribution in [3.05, 3.63) is 78.2 Å². The van der Waals surface area contributed by atoms with Crippen LogP contribution in [0.1, 0.15) is 17.9 Å². The highest BCUT2D eigenvalue weighted by Crippen LogP contribution is 2.27. The van der Waals surface area contributed by atoms with Crippen LogP contribution in [-0.2, 0) is 13.0 Å². The predicted octanol–water partition coefficient (Wildman–Crippen LogP) is 5.49. The number of thioether (sulfide) groups is 1. The van der Waals surface area contributed by atoms with Crippen molar-refractivity contribution in [2.24, 2.45) is 0 Å². The van der Waals surface area contributed by atoms with E-state index in [1.54, 1.807) is 43.3 Å². The summed E-state index contributed by atoms with van der Waals surface area (Å²) in [6.07, 6.45) is 3.06. The molecular formula is C23H21F2N5OS. The molecule has 0 N–H and O–H groups in total. The van der Waals surface area contributed by atoms with Gasteiger partial charge in [-0.3, -0.25) is 4.57 Å². The molecule has 0 fully saturated rings. The number of allylic oxidation sites excluding steroid dienone is 1. The topological polar surface area (TPSA) is 69.6 Å². The van der Waals surface area contributed by atoms with Crippen LogP contribution < -0.4 is 0 Å². The number of benzene rings is 2. The third-order valence-electron chi connectivity index (χ3n) is 4.81. The van der Waals surface area contributed by atoms with Gasteiger partial charge in [-0.25, -0.2) is 8.78 Å². The molecule has 6 nitrogen and oxygen atoms in total. The van der Waals surface area contributed by atoms with Crippen LogP contribution in [0, 0.1) is 18.6 Å². The number of nitrogens with zero attached hydrogens (tertiary/aromatic N) is 5. The quantitative estimate of drug-likeness (QED) is 0.190. The lowest BCUT2D eigenvalue weighted by Crippen LogP contribution is -2.02. The summed E-state index contributed by atoms with van der Waals surface area (Å²) < 4.78 is 35.1. The Labute approximate surface area is 188 Å². The van der Waals surface area contributed by atoms with Gasteiger partial charge in [-0.2, -0.15) is 4.98 Å². The SMILES string of the molecule is C=CCn1c(SCCCc2nc(-c3ccc(C)c(F)c3)no2)nnc1-c1ccccc1F. The fraction of sp³-hybridized carbons (Fsp3) is 0.217. The molecule has 2 heterocycles. The number of aryl methyl sites for hydroxylation is 2. The Kier molecular flexibility index (Phi) is 6.75. The summed E-state index contributed by atoms with van der Waals surface area (Å²) in [6, 6.07) is 11.3. The van der Waals surface area contributed by atoms with Gasteiger partial charge < -0.3 is 4.52 Å². The normalized spacial score (nSPS) is 11.1. The maximum absolute atomic E-state index is 14.2. The summed E-state index contributed by atoms with van der Waals surface area (Å²) in [4.78, 5) is 4.35. The molecule has 4 aromatic rings. The highest BCUT2D eigenvalue weighted by Gasteiger charge is 2.16. The molecule has 0 saturated carbocycles. The van der Waals surface area contributed by atoms with E-state index < -0.39 is 0 Å². The lowest BCUT2D eigenvalue weighted by Gasteiger charge is -2.08. The second kappa shape index (κ2) is 9.86. The van der Waals surface area contributed by atoms with Crippen LogP contribution in [0.25, 0.3) is 22.8 Å². The molecule has 164 valence electrons. The Morgan fingerprint density at radius 3 is 2.75 bits per heavy atom. The molecule has 0 radical (unpaired) electrons. The third kappa shape index (κ3) is 4.77. The molecule has 32 heavy (non-hydrogen) atoms. The lowest BCUT2D eigenvalue weighted by molar-refractivity contribution is 0.378. The summed E-state index contributed by atoms with van der Waals surface area (Å²) in [5.41, 5.74) is 1.55. The summed E-state index contributed by atoms with van der Waals surface area (Å²) in [6.45, 7) is 5.95. The maximum atomic E-state index is 14.2. The molecule has 0 amide bonds. The van der Waals surface area contributed by atoms with Gasteiger partial charge in [-0.15, -0.1) is 16.8 Å². The van der Waals surface area contributed by atoms with E-state index in [-0.39, 0.29) is 11.6 Å². The van der Waals surface area contributed by atoms with Gasteiger partial charge in [0.1, 0.15) is 11.6 Å². The van der Waals surface area contributed by atoms with Crippen molar-refractivity contribution in [2.45, 2.75) is 31.5 Å². The van der Waals surface area contributed by atoms with Gasteiger partial charge in [0, 0.05) is 24.3 Å². The first-order valence-corrected chi connectivity index (χ1v) is 11.1. The molecule has 0 saturated heterocycles. The smallest absolute Gasteiger partial charge is 0.226 e. The highest BCUT2D eigenvalue weighted by molar-refractivity contribution is 7.99. The van der Waals surface area contributed by atoms with Crippen LogP contribution in [0.3, 0.4) is 0 Å². The summed E-state index contributed by atoms with van der Waals surface area (Å²) in [7, 11) is 0. The van der Waals surface area contributed by atoms with E-state index in [9.17, 15) is 8.78 Å². The lowest BCUT2D eigenvalue weighted by atomic mass is 10.1. The maximum Gasteiger partial charge on any atom is 0.226 e. The van der Waals surface area contributed by atoms with Crippen molar-refractivity contribution in [1.29, 1.82) is 0 Å². The number of hydrogen-bond acceptors (Lipinski definition) is 6. The van der Waals surface area contributed by atoms with Gasteiger partial charge in [0.2, 0.25) is 11.7 Å². The fourth-order valence-corrected chi connectivity index (χ4v) is 4.01. The minimum Gasteiger partial charge on any atom is -0.339 e. The van der Waals surface area contributed by atoms with E-state index in [4.69, 9.17) is 4.52 Å². The molecule has 4 rings (SSSR count). The standard InChI is InChI=1S/C23H21F2N5OS/c1-3-12-30-22(17-7-4-5-8-18(17)24)27-28-23(30)32-13-6-9-20-26-21(29-31-20)16-11-10-15(2)19(25)14-16/h3-5,7-8,10-11,14H,1,6,9,12-13H2,2H3. The zero-order chi connectivity index (χ0) is 22.5. The predicted molar refractivity (Wildman–Crippen MR) is 119 cm³/mol. The summed E-state index contributed by atoms with van der Waals surface area (Å²) in [5, 5.41) is 13.0. The number of halogens is 2. The van der Waals surface area contributed by atoms with Crippen LogP contribution >= 0.6 is 11.8 Å². The van der Waals surface area contributed by atoms with Gasteiger partial charge in [-0.1, -0.05) is 47.3 Å². The largest absolute Gasteiger partial charge is 0.339 e.